The van der Waals surface area contributed by atoms with Gasteiger partial charge in [0.05, 0.1) is 20.6 Å². The number of hydrogen-bond acceptors (Lipinski definition) is 2. The average molecular weight is 522 g/mol. The zero-order valence-corrected chi connectivity index (χ0v) is 25.8. The van der Waals surface area contributed by atoms with E-state index in [0.717, 1.165) is 32.1 Å². The third-order valence-corrected chi connectivity index (χ3v) is 6.86. The topological polar surface area (TPSA) is 44.6 Å². The van der Waals surface area contributed by atoms with E-state index in [1.807, 2.05) is 0 Å². The van der Waals surface area contributed by atoms with Gasteiger partial charge in [0.1, 0.15) is 0 Å². The van der Waals surface area contributed by atoms with Crippen LogP contribution in [0.2, 0.25) is 0 Å². The molecule has 0 radical (unpaired) electrons. The van der Waals surface area contributed by atoms with E-state index in [4.69, 9.17) is 0 Å². The largest absolute Gasteiger partial charge is 0.550 e. The summed E-state index contributed by atoms with van der Waals surface area (Å²) >= 11 is 0. The molecule has 0 aromatic rings. The first-order valence-electron chi connectivity index (χ1n) is 16.3. The molecule has 0 aromatic heterocycles. The van der Waals surface area contributed by atoms with Gasteiger partial charge in [-0.15, -0.1) is 0 Å². The summed E-state index contributed by atoms with van der Waals surface area (Å²) in [5, 5.41) is 10.2. The number of rotatable bonds is 27. The van der Waals surface area contributed by atoms with E-state index >= 15 is 0 Å². The Morgan fingerprint density at radius 1 is 0.541 bits per heavy atom. The Kier molecular flexibility index (Phi) is 35.9. The Labute approximate surface area is 233 Å². The number of carbonyl (C=O) groups excluding carboxylic acids is 1. The zero-order chi connectivity index (χ0) is 27.7. The zero-order valence-electron chi connectivity index (χ0n) is 25.8. The molecule has 0 amide bonds. The normalized spacial score (nSPS) is 11.5. The number of carbonyl (C=O) groups is 1. The Hall–Kier alpha value is -1.09. The molecule has 220 valence electrons. The maximum atomic E-state index is 10.2. The highest BCUT2D eigenvalue weighted by Crippen LogP contribution is 2.11. The predicted octanol–water partition coefficient (Wildman–Crippen LogP) is 8.38. The van der Waals surface area contributed by atoms with Crippen LogP contribution >= 0.6 is 0 Å². The van der Waals surface area contributed by atoms with Crippen molar-refractivity contribution in [1.82, 2.24) is 0 Å². The summed E-state index contributed by atoms with van der Waals surface area (Å²) in [6.45, 7) is 5.87. The van der Waals surface area contributed by atoms with Crippen LogP contribution in [0.15, 0.2) is 24.3 Å². The predicted molar refractivity (Wildman–Crippen MR) is 163 cm³/mol. The quantitative estimate of drug-likeness (QED) is 0.0871. The lowest BCUT2D eigenvalue weighted by Crippen LogP contribution is -3.05. The van der Waals surface area contributed by atoms with Gasteiger partial charge in [0.2, 0.25) is 0 Å². The monoisotopic (exact) mass is 522 g/mol. The number of quaternary nitrogens is 1. The van der Waals surface area contributed by atoms with Crippen molar-refractivity contribution in [3.05, 3.63) is 24.3 Å². The van der Waals surface area contributed by atoms with Gasteiger partial charge in [-0.05, 0) is 57.8 Å². The first-order valence-corrected chi connectivity index (χ1v) is 16.3. The summed E-state index contributed by atoms with van der Waals surface area (Å²) in [5.41, 5.74) is 0. The molecule has 0 aliphatic rings. The number of carboxylic acids is 1. The molecular weight excluding hydrogens is 454 g/mol. The van der Waals surface area contributed by atoms with E-state index in [0.29, 0.717) is 0 Å². The van der Waals surface area contributed by atoms with E-state index in [2.05, 4.69) is 52.2 Å². The number of nitrogens with one attached hydrogen (secondary N) is 1. The molecule has 0 heterocycles. The molecule has 37 heavy (non-hydrogen) atoms. The lowest BCUT2D eigenvalue weighted by Gasteiger charge is -2.06. The van der Waals surface area contributed by atoms with Crippen LogP contribution in [0.5, 0.6) is 0 Å². The standard InChI is InChI=1S/C18H32O2.C16H35N/c1-2-3-4-5-6-7-8-9-10-11-12-13-14-15-16-17-18(19)20;1-4-5-6-7-8-9-10-11-12-13-14-15-16-17(2)3/h6-7,9-10H,2-5,8,11-17H2,1H3,(H,19,20);4-16H2,1-3H3/b7-6-,10-9-;. The summed E-state index contributed by atoms with van der Waals surface area (Å²) in [6, 6.07) is 0. The first kappa shape index (κ1) is 38.1. The van der Waals surface area contributed by atoms with Crippen LogP contribution in [-0.4, -0.2) is 26.6 Å². The fourth-order valence-electron chi connectivity index (χ4n) is 4.40. The summed E-state index contributed by atoms with van der Waals surface area (Å²) in [5.74, 6) is -0.921. The molecule has 0 saturated heterocycles. The molecule has 0 fully saturated rings. The van der Waals surface area contributed by atoms with Crippen molar-refractivity contribution in [2.24, 2.45) is 0 Å². The maximum Gasteiger partial charge on any atom is 0.0766 e. The third kappa shape index (κ3) is 42.3. The molecule has 0 bridgehead atoms. The van der Waals surface area contributed by atoms with Crippen LogP contribution in [-0.2, 0) is 4.79 Å². The lowest BCUT2D eigenvalue weighted by molar-refractivity contribution is -0.858. The van der Waals surface area contributed by atoms with E-state index in [9.17, 15) is 9.90 Å². The molecule has 0 rings (SSSR count). The lowest BCUT2D eigenvalue weighted by atomic mass is 10.1. The van der Waals surface area contributed by atoms with Gasteiger partial charge in [-0.2, -0.15) is 0 Å². The van der Waals surface area contributed by atoms with Crippen molar-refractivity contribution < 1.29 is 14.8 Å². The van der Waals surface area contributed by atoms with E-state index < -0.39 is 5.97 Å². The Balaban J connectivity index is 0. The Morgan fingerprint density at radius 2 is 0.919 bits per heavy atom. The van der Waals surface area contributed by atoms with Crippen LogP contribution in [0.25, 0.3) is 0 Å². The molecule has 3 heteroatoms. The fourth-order valence-corrected chi connectivity index (χ4v) is 4.40. The Morgan fingerprint density at radius 3 is 1.38 bits per heavy atom. The average Bonchev–Trinajstić information content (AvgIpc) is 2.87. The minimum absolute atomic E-state index is 0.213. The minimum atomic E-state index is -0.921. The van der Waals surface area contributed by atoms with Gasteiger partial charge in [0, 0.05) is 5.97 Å². The molecule has 0 spiro atoms. The van der Waals surface area contributed by atoms with Gasteiger partial charge in [-0.3, -0.25) is 0 Å². The van der Waals surface area contributed by atoms with Crippen molar-refractivity contribution in [2.75, 3.05) is 20.6 Å². The highest BCUT2D eigenvalue weighted by Gasteiger charge is 1.95. The number of carboxylic acid groups (broad SMARTS) is 1. The maximum absolute atomic E-state index is 10.2. The molecule has 0 aliphatic heterocycles. The van der Waals surface area contributed by atoms with Gasteiger partial charge < -0.3 is 14.8 Å². The molecule has 0 aromatic carbocycles. The van der Waals surface area contributed by atoms with Gasteiger partial charge in [0.15, 0.2) is 0 Å². The van der Waals surface area contributed by atoms with Crippen LogP contribution in [0, 0.1) is 0 Å². The van der Waals surface area contributed by atoms with Gasteiger partial charge >= 0.3 is 0 Å². The smallest absolute Gasteiger partial charge is 0.0766 e. The van der Waals surface area contributed by atoms with Gasteiger partial charge in [-0.25, -0.2) is 0 Å². The van der Waals surface area contributed by atoms with Crippen molar-refractivity contribution in [2.45, 2.75) is 168 Å². The molecule has 0 unspecified atom stereocenters. The van der Waals surface area contributed by atoms with Crippen LogP contribution in [0.3, 0.4) is 0 Å². The molecule has 0 saturated carbocycles. The number of hydrogen-bond donors (Lipinski definition) is 1. The summed E-state index contributed by atoms with van der Waals surface area (Å²) < 4.78 is 0. The van der Waals surface area contributed by atoms with Crippen molar-refractivity contribution in [3.63, 3.8) is 0 Å². The van der Waals surface area contributed by atoms with Crippen LogP contribution in [0.4, 0.5) is 0 Å². The second kappa shape index (κ2) is 34.9. The van der Waals surface area contributed by atoms with Gasteiger partial charge in [0.25, 0.3) is 0 Å². The first-order chi connectivity index (χ1) is 18.0. The molecule has 0 atom stereocenters. The van der Waals surface area contributed by atoms with Gasteiger partial charge in [-0.1, -0.05) is 134 Å². The highest BCUT2D eigenvalue weighted by molar-refractivity contribution is 5.64. The minimum Gasteiger partial charge on any atom is -0.550 e. The van der Waals surface area contributed by atoms with Crippen LogP contribution in [0.1, 0.15) is 168 Å². The summed E-state index contributed by atoms with van der Waals surface area (Å²) in [4.78, 5) is 11.8. The summed E-state index contributed by atoms with van der Waals surface area (Å²) in [6.07, 6.45) is 39.4. The molecule has 0 aliphatic carbocycles. The molecule has 3 nitrogen and oxygen atoms in total. The third-order valence-electron chi connectivity index (χ3n) is 6.86. The molecular formula is C34H67NO2. The Bertz CT molecular complexity index is 484. The van der Waals surface area contributed by atoms with E-state index in [1.54, 1.807) is 4.90 Å². The summed E-state index contributed by atoms with van der Waals surface area (Å²) in [7, 11) is 4.50. The highest BCUT2D eigenvalue weighted by atomic mass is 16.4. The van der Waals surface area contributed by atoms with Crippen molar-refractivity contribution in [3.8, 4) is 0 Å². The number of aliphatic carboxylic acids is 1. The second-order valence-electron chi connectivity index (χ2n) is 11.2. The fraction of sp³-hybridized carbons (Fsp3) is 0.853. The second-order valence-corrected chi connectivity index (χ2v) is 11.2. The number of allylic oxidation sites excluding steroid dienone is 4. The van der Waals surface area contributed by atoms with Crippen molar-refractivity contribution >= 4 is 5.97 Å². The van der Waals surface area contributed by atoms with E-state index in [-0.39, 0.29) is 6.42 Å². The van der Waals surface area contributed by atoms with Crippen LogP contribution < -0.4 is 10.0 Å². The van der Waals surface area contributed by atoms with Crippen molar-refractivity contribution in [1.29, 1.82) is 0 Å². The van der Waals surface area contributed by atoms with E-state index in [1.165, 1.54) is 122 Å². The molecule has 1 N–H and O–H groups in total. The SMILES string of the molecule is CCCCC/C=C\C/C=C\CCCCCCCC(=O)[O-].CCCCCCCCCCCCCC[NH+](C)C. The number of unbranched alkanes of at least 4 members (excludes halogenated alkanes) is 19.